The van der Waals surface area contributed by atoms with Crippen LogP contribution in [0.1, 0.15) is 24.8 Å². The summed E-state index contributed by atoms with van der Waals surface area (Å²) in [7, 11) is 0. The molecule has 0 aromatic heterocycles. The summed E-state index contributed by atoms with van der Waals surface area (Å²) in [6, 6.07) is 7.59. The van der Waals surface area contributed by atoms with Gasteiger partial charge in [0.1, 0.15) is 5.75 Å². The van der Waals surface area contributed by atoms with Gasteiger partial charge in [-0.3, -0.25) is 9.89 Å². The predicted molar refractivity (Wildman–Crippen MR) is 98.6 cm³/mol. The molecule has 3 aliphatic rings. The lowest BCUT2D eigenvalue weighted by Gasteiger charge is -2.41. The molecule has 4 rings (SSSR count). The van der Waals surface area contributed by atoms with Gasteiger partial charge in [-0.15, -0.1) is 0 Å². The average Bonchev–Trinajstić information content (AvgIpc) is 3.07. The first kappa shape index (κ1) is 16.9. The first-order valence-corrected chi connectivity index (χ1v) is 9.63. The highest BCUT2D eigenvalue weighted by atomic mass is 16.3. The van der Waals surface area contributed by atoms with Gasteiger partial charge in [-0.1, -0.05) is 18.2 Å². The fourth-order valence-corrected chi connectivity index (χ4v) is 5.01. The van der Waals surface area contributed by atoms with Crippen molar-refractivity contribution in [2.75, 3.05) is 32.8 Å². The minimum absolute atomic E-state index is 0.247. The number of fused-ring (bicyclic) bond motifs is 1. The van der Waals surface area contributed by atoms with E-state index in [9.17, 15) is 10.2 Å². The van der Waals surface area contributed by atoms with Gasteiger partial charge in [-0.25, -0.2) is 0 Å². The van der Waals surface area contributed by atoms with E-state index in [-0.39, 0.29) is 6.61 Å². The number of likely N-dealkylation sites (tertiary alicyclic amines) is 1. The van der Waals surface area contributed by atoms with Gasteiger partial charge >= 0.3 is 0 Å². The Balaban J connectivity index is 1.46. The monoisotopic (exact) mass is 343 g/mol. The number of nitrogens with zero attached hydrogens (tertiary/aromatic N) is 2. The fourth-order valence-electron chi connectivity index (χ4n) is 5.01. The zero-order chi connectivity index (χ0) is 17.2. The molecule has 4 atom stereocenters. The van der Waals surface area contributed by atoms with Crippen molar-refractivity contribution in [2.45, 2.75) is 25.8 Å². The van der Waals surface area contributed by atoms with Crippen LogP contribution in [0.25, 0.3) is 0 Å². The lowest BCUT2D eigenvalue weighted by atomic mass is 9.73. The molecule has 0 radical (unpaired) electrons. The van der Waals surface area contributed by atoms with Crippen LogP contribution in [-0.4, -0.2) is 53.7 Å². The Morgan fingerprint density at radius 1 is 1.24 bits per heavy atom. The van der Waals surface area contributed by atoms with Crippen LogP contribution in [0.4, 0.5) is 0 Å². The average molecular weight is 343 g/mol. The highest BCUT2D eigenvalue weighted by Crippen LogP contribution is 2.38. The topological polar surface area (TPSA) is 68.1 Å². The van der Waals surface area contributed by atoms with Crippen LogP contribution in [0.2, 0.25) is 0 Å². The highest BCUT2D eigenvalue weighted by molar-refractivity contribution is 5.87. The molecule has 2 saturated heterocycles. The van der Waals surface area contributed by atoms with E-state index < -0.39 is 0 Å². The summed E-state index contributed by atoms with van der Waals surface area (Å²) in [5, 5.41) is 23.4. The van der Waals surface area contributed by atoms with Gasteiger partial charge in [0.15, 0.2) is 0 Å². The van der Waals surface area contributed by atoms with Gasteiger partial charge in [0.25, 0.3) is 0 Å². The minimum atomic E-state index is 0.247. The molecule has 136 valence electrons. The molecule has 3 heterocycles. The number of aliphatic hydroxyl groups is 1. The van der Waals surface area contributed by atoms with E-state index in [4.69, 9.17) is 4.99 Å². The largest absolute Gasteiger partial charge is 0.508 e. The number of phenols is 1. The molecule has 0 aliphatic carbocycles. The van der Waals surface area contributed by atoms with Crippen molar-refractivity contribution in [2.24, 2.45) is 28.7 Å². The molecule has 5 heteroatoms. The van der Waals surface area contributed by atoms with Gasteiger partial charge in [0.05, 0.1) is 5.84 Å². The molecular weight excluding hydrogens is 314 g/mol. The second-order valence-corrected chi connectivity index (χ2v) is 7.93. The Morgan fingerprint density at radius 3 is 2.96 bits per heavy atom. The molecule has 3 aliphatic heterocycles. The quantitative estimate of drug-likeness (QED) is 0.780. The summed E-state index contributed by atoms with van der Waals surface area (Å²) in [6.07, 6.45) is 3.58. The number of piperidine rings is 2. The Bertz CT molecular complexity index is 633. The number of hydrogen-bond acceptors (Lipinski definition) is 5. The Labute approximate surface area is 149 Å². The number of aromatic hydroxyl groups is 1. The maximum atomic E-state index is 10.1. The summed E-state index contributed by atoms with van der Waals surface area (Å²) >= 11 is 0. The standard InChI is InChI=1S/C20H29N3O2/c24-13-14-8-16(18-9-22-20-17(18)5-3-7-21-20)12-23(10-14)11-15-4-1-2-6-19(15)25/h1-2,4,6,14,16-18,24-25H,3,5,7-13H2,(H,21,22)/t14-,16+,17?,18?/m0/s1. The van der Waals surface area contributed by atoms with Crippen molar-refractivity contribution in [3.63, 3.8) is 0 Å². The Hall–Kier alpha value is -1.59. The van der Waals surface area contributed by atoms with Gasteiger partial charge < -0.3 is 15.5 Å². The fraction of sp³-hybridized carbons (Fsp3) is 0.650. The first-order valence-electron chi connectivity index (χ1n) is 9.63. The van der Waals surface area contributed by atoms with Crippen LogP contribution in [0.5, 0.6) is 5.75 Å². The number of phenolic OH excluding ortho intramolecular Hbond substituents is 1. The van der Waals surface area contributed by atoms with Gasteiger partial charge in [0, 0.05) is 50.8 Å². The molecule has 2 fully saturated rings. The van der Waals surface area contributed by atoms with Crippen LogP contribution >= 0.6 is 0 Å². The SMILES string of the molecule is OC[C@H]1C[C@@H](C2CN=C3NCCCC32)CN(Cc2ccccc2O)C1. The van der Waals surface area contributed by atoms with E-state index in [2.05, 4.69) is 10.2 Å². The lowest BCUT2D eigenvalue weighted by Crippen LogP contribution is -2.47. The summed E-state index contributed by atoms with van der Waals surface area (Å²) in [5.41, 5.74) is 0.975. The molecule has 5 nitrogen and oxygen atoms in total. The van der Waals surface area contributed by atoms with Crippen molar-refractivity contribution in [3.8, 4) is 5.75 Å². The van der Waals surface area contributed by atoms with Crippen LogP contribution in [-0.2, 0) is 6.54 Å². The second kappa shape index (κ2) is 7.34. The third kappa shape index (κ3) is 3.53. The van der Waals surface area contributed by atoms with Crippen LogP contribution in [0, 0.1) is 23.7 Å². The molecular formula is C20H29N3O2. The van der Waals surface area contributed by atoms with Crippen LogP contribution in [0.15, 0.2) is 29.3 Å². The smallest absolute Gasteiger partial charge is 0.120 e. The number of benzene rings is 1. The molecule has 0 spiro atoms. The van der Waals surface area contributed by atoms with E-state index in [0.29, 0.717) is 29.4 Å². The molecule has 1 aromatic rings. The predicted octanol–water partition coefficient (Wildman–Crippen LogP) is 1.85. The maximum Gasteiger partial charge on any atom is 0.120 e. The molecule has 0 saturated carbocycles. The normalized spacial score (nSPS) is 32.8. The number of para-hydroxylation sites is 1. The molecule has 25 heavy (non-hydrogen) atoms. The van der Waals surface area contributed by atoms with E-state index in [1.54, 1.807) is 6.07 Å². The Kier molecular flexibility index (Phi) is 4.95. The summed E-state index contributed by atoms with van der Waals surface area (Å²) < 4.78 is 0. The van der Waals surface area contributed by atoms with Gasteiger partial charge in [-0.05, 0) is 43.1 Å². The minimum Gasteiger partial charge on any atom is -0.508 e. The van der Waals surface area contributed by atoms with Crippen LogP contribution in [0.3, 0.4) is 0 Å². The molecule has 2 unspecified atom stereocenters. The number of amidine groups is 1. The van der Waals surface area contributed by atoms with Crippen LogP contribution < -0.4 is 5.32 Å². The molecule has 1 aromatic carbocycles. The summed E-state index contributed by atoms with van der Waals surface area (Å²) in [5.74, 6) is 3.68. The number of hydrogen-bond donors (Lipinski definition) is 3. The van der Waals surface area contributed by atoms with Crippen molar-refractivity contribution in [1.82, 2.24) is 10.2 Å². The van der Waals surface area contributed by atoms with E-state index in [0.717, 1.165) is 44.7 Å². The first-order chi connectivity index (χ1) is 12.2. The number of aliphatic hydroxyl groups excluding tert-OH is 1. The van der Waals surface area contributed by atoms with Crippen molar-refractivity contribution in [3.05, 3.63) is 29.8 Å². The van der Waals surface area contributed by atoms with Gasteiger partial charge in [0.2, 0.25) is 0 Å². The highest BCUT2D eigenvalue weighted by Gasteiger charge is 2.41. The third-order valence-corrected chi connectivity index (χ3v) is 6.23. The third-order valence-electron chi connectivity index (χ3n) is 6.23. The van der Waals surface area contributed by atoms with Crippen molar-refractivity contribution >= 4 is 5.84 Å². The number of aliphatic imine (C=N–C) groups is 1. The summed E-state index contributed by atoms with van der Waals surface area (Å²) in [6.45, 7) is 4.94. The van der Waals surface area contributed by atoms with Crippen molar-refractivity contribution < 1.29 is 10.2 Å². The second-order valence-electron chi connectivity index (χ2n) is 7.93. The zero-order valence-electron chi connectivity index (χ0n) is 14.8. The number of rotatable bonds is 4. The van der Waals surface area contributed by atoms with E-state index in [1.165, 1.54) is 18.7 Å². The maximum absolute atomic E-state index is 10.1. The zero-order valence-corrected chi connectivity index (χ0v) is 14.8. The molecule has 0 bridgehead atoms. The molecule has 3 N–H and O–H groups in total. The van der Waals surface area contributed by atoms with Gasteiger partial charge in [-0.2, -0.15) is 0 Å². The summed E-state index contributed by atoms with van der Waals surface area (Å²) in [4.78, 5) is 7.19. The lowest BCUT2D eigenvalue weighted by molar-refractivity contribution is 0.0504. The van der Waals surface area contributed by atoms with E-state index >= 15 is 0 Å². The molecule has 0 amide bonds. The van der Waals surface area contributed by atoms with E-state index in [1.807, 2.05) is 18.2 Å². The number of nitrogens with one attached hydrogen (secondary N) is 1. The van der Waals surface area contributed by atoms with Crippen molar-refractivity contribution in [1.29, 1.82) is 0 Å². The Morgan fingerprint density at radius 2 is 2.12 bits per heavy atom.